The number of hydrogen-bond acceptors (Lipinski definition) is 7. The first-order valence-electron chi connectivity index (χ1n) is 10.1. The summed E-state index contributed by atoms with van der Waals surface area (Å²) >= 11 is 1.30. The second-order valence-electron chi connectivity index (χ2n) is 7.70. The maximum atomic E-state index is 12.9. The minimum absolute atomic E-state index is 0.0276. The zero-order valence-corrected chi connectivity index (χ0v) is 18.6. The molecular formula is C20H26N4O4S2. The van der Waals surface area contributed by atoms with Crippen molar-refractivity contribution in [2.75, 3.05) is 37.5 Å². The van der Waals surface area contributed by atoms with Crippen LogP contribution in [0.5, 0.6) is 0 Å². The smallest absolute Gasteiger partial charge is 0.233 e. The lowest BCUT2D eigenvalue weighted by molar-refractivity contribution is -0.130. The highest BCUT2D eigenvalue weighted by Gasteiger charge is 2.35. The van der Waals surface area contributed by atoms with Gasteiger partial charge in [-0.15, -0.1) is 5.10 Å². The van der Waals surface area contributed by atoms with Crippen LogP contribution in [0.4, 0.5) is 0 Å². The van der Waals surface area contributed by atoms with Crippen molar-refractivity contribution in [1.82, 2.24) is 19.7 Å². The van der Waals surface area contributed by atoms with E-state index in [1.54, 1.807) is 12.0 Å². The number of carbonyl (C=O) groups excluding carboxylic acids is 1. The molecule has 0 N–H and O–H groups in total. The van der Waals surface area contributed by atoms with Crippen molar-refractivity contribution in [3.63, 3.8) is 0 Å². The van der Waals surface area contributed by atoms with Gasteiger partial charge in [-0.05, 0) is 31.4 Å². The third kappa shape index (κ3) is 5.04. The monoisotopic (exact) mass is 450 g/mol. The van der Waals surface area contributed by atoms with Gasteiger partial charge in [-0.1, -0.05) is 30.0 Å². The predicted octanol–water partition coefficient (Wildman–Crippen LogP) is 1.90. The van der Waals surface area contributed by atoms with E-state index >= 15 is 0 Å². The summed E-state index contributed by atoms with van der Waals surface area (Å²) in [4.78, 5) is 19.3. The van der Waals surface area contributed by atoms with Gasteiger partial charge in [0.25, 0.3) is 0 Å². The SMILES string of the molecule is COCCN(C(=O)CSc1nc(C2CC2)n(-c2ccccc2)n1)[C@H]1CCS(=O)(=O)C1. The Balaban J connectivity index is 1.45. The third-order valence-electron chi connectivity index (χ3n) is 5.39. The van der Waals surface area contributed by atoms with Crippen LogP contribution in [0, 0.1) is 0 Å². The van der Waals surface area contributed by atoms with Gasteiger partial charge in [-0.3, -0.25) is 4.79 Å². The van der Waals surface area contributed by atoms with Crippen molar-refractivity contribution < 1.29 is 17.9 Å². The molecule has 1 amide bonds. The lowest BCUT2D eigenvalue weighted by Crippen LogP contribution is -2.44. The molecule has 4 rings (SSSR count). The molecule has 2 aliphatic rings. The highest BCUT2D eigenvalue weighted by Crippen LogP contribution is 2.40. The van der Waals surface area contributed by atoms with E-state index < -0.39 is 9.84 Å². The van der Waals surface area contributed by atoms with E-state index in [0.717, 1.165) is 24.4 Å². The number of benzene rings is 1. The molecule has 30 heavy (non-hydrogen) atoms. The first-order chi connectivity index (χ1) is 14.5. The number of methoxy groups -OCH3 is 1. The molecule has 10 heteroatoms. The zero-order chi connectivity index (χ0) is 21.1. The molecule has 0 radical (unpaired) electrons. The quantitative estimate of drug-likeness (QED) is 0.539. The van der Waals surface area contributed by atoms with Crippen molar-refractivity contribution in [3.05, 3.63) is 36.2 Å². The second kappa shape index (κ2) is 9.07. The Bertz CT molecular complexity index is 989. The van der Waals surface area contributed by atoms with Crippen LogP contribution < -0.4 is 0 Å². The van der Waals surface area contributed by atoms with Crippen LogP contribution in [0.1, 0.15) is 31.0 Å². The van der Waals surface area contributed by atoms with E-state index in [4.69, 9.17) is 4.74 Å². The molecule has 0 unspecified atom stereocenters. The Labute approximate surface area is 180 Å². The first kappa shape index (κ1) is 21.3. The predicted molar refractivity (Wildman–Crippen MR) is 115 cm³/mol. The van der Waals surface area contributed by atoms with Gasteiger partial charge in [0, 0.05) is 25.6 Å². The van der Waals surface area contributed by atoms with Crippen LogP contribution in [0.2, 0.25) is 0 Å². The zero-order valence-electron chi connectivity index (χ0n) is 16.9. The number of thioether (sulfide) groups is 1. The van der Waals surface area contributed by atoms with Gasteiger partial charge in [0.15, 0.2) is 9.84 Å². The Morgan fingerprint density at radius 2 is 2.03 bits per heavy atom. The number of aromatic nitrogens is 3. The number of amides is 1. The summed E-state index contributed by atoms with van der Waals surface area (Å²) in [5.74, 6) is 1.58. The largest absolute Gasteiger partial charge is 0.383 e. The fourth-order valence-corrected chi connectivity index (χ4v) is 6.11. The molecule has 1 atom stereocenters. The number of sulfone groups is 1. The molecular weight excluding hydrogens is 424 g/mol. The fraction of sp³-hybridized carbons (Fsp3) is 0.550. The molecule has 2 aromatic rings. The summed E-state index contributed by atoms with van der Waals surface area (Å²) < 4.78 is 30.7. The van der Waals surface area contributed by atoms with Crippen molar-refractivity contribution in [2.45, 2.75) is 36.4 Å². The molecule has 2 fully saturated rings. The lowest BCUT2D eigenvalue weighted by Gasteiger charge is -2.27. The van der Waals surface area contributed by atoms with Crippen LogP contribution in [-0.2, 0) is 19.4 Å². The van der Waals surface area contributed by atoms with Crippen LogP contribution >= 0.6 is 11.8 Å². The molecule has 8 nitrogen and oxygen atoms in total. The van der Waals surface area contributed by atoms with E-state index in [0.29, 0.717) is 30.6 Å². The molecule has 1 aromatic heterocycles. The van der Waals surface area contributed by atoms with Crippen LogP contribution in [0.15, 0.2) is 35.5 Å². The number of carbonyl (C=O) groups is 1. The van der Waals surface area contributed by atoms with Crippen LogP contribution in [0.25, 0.3) is 5.69 Å². The van der Waals surface area contributed by atoms with Gasteiger partial charge in [-0.25, -0.2) is 18.1 Å². The Hall–Kier alpha value is -1.91. The second-order valence-corrected chi connectivity index (χ2v) is 10.9. The van der Waals surface area contributed by atoms with Crippen molar-refractivity contribution in [2.24, 2.45) is 0 Å². The van der Waals surface area contributed by atoms with Gasteiger partial charge < -0.3 is 9.64 Å². The number of ether oxygens (including phenoxy) is 1. The van der Waals surface area contributed by atoms with Crippen molar-refractivity contribution >= 4 is 27.5 Å². The number of rotatable bonds is 9. The minimum atomic E-state index is -3.07. The normalized spacial score (nSPS) is 20.4. The van der Waals surface area contributed by atoms with Gasteiger partial charge in [-0.2, -0.15) is 0 Å². The van der Waals surface area contributed by atoms with E-state index in [2.05, 4.69) is 10.1 Å². The molecule has 1 aliphatic carbocycles. The Morgan fingerprint density at radius 1 is 1.27 bits per heavy atom. The standard InChI is InChI=1S/C20H26N4O4S2/c1-28-11-10-23(17-9-12-30(26,27)14-17)18(25)13-29-20-21-19(15-7-8-15)24(22-20)16-5-3-2-4-6-16/h2-6,15,17H,7-14H2,1H3/t17-/m0/s1. The number of para-hydroxylation sites is 1. The Morgan fingerprint density at radius 3 is 2.67 bits per heavy atom. The highest BCUT2D eigenvalue weighted by atomic mass is 32.2. The highest BCUT2D eigenvalue weighted by molar-refractivity contribution is 7.99. The van der Waals surface area contributed by atoms with E-state index in [1.165, 1.54) is 11.8 Å². The van der Waals surface area contributed by atoms with Gasteiger partial charge >= 0.3 is 0 Å². The van der Waals surface area contributed by atoms with Crippen molar-refractivity contribution in [3.8, 4) is 5.69 Å². The lowest BCUT2D eigenvalue weighted by atomic mass is 10.2. The van der Waals surface area contributed by atoms with Crippen molar-refractivity contribution in [1.29, 1.82) is 0 Å². The summed E-state index contributed by atoms with van der Waals surface area (Å²) in [6, 6.07) is 9.60. The summed E-state index contributed by atoms with van der Waals surface area (Å²) in [7, 11) is -1.50. The maximum absolute atomic E-state index is 12.9. The summed E-state index contributed by atoms with van der Waals surface area (Å²) in [5.41, 5.74) is 0.961. The number of nitrogens with zero attached hydrogens (tertiary/aromatic N) is 4. The Kier molecular flexibility index (Phi) is 6.45. The molecule has 1 saturated heterocycles. The summed E-state index contributed by atoms with van der Waals surface area (Å²) in [5, 5.41) is 5.20. The summed E-state index contributed by atoms with van der Waals surface area (Å²) in [6.45, 7) is 0.759. The van der Waals surface area contributed by atoms with Crippen LogP contribution in [-0.4, -0.2) is 77.6 Å². The van der Waals surface area contributed by atoms with Gasteiger partial charge in [0.05, 0.1) is 29.6 Å². The number of hydrogen-bond donors (Lipinski definition) is 0. The van der Waals surface area contributed by atoms with E-state index in [9.17, 15) is 13.2 Å². The molecule has 162 valence electrons. The van der Waals surface area contributed by atoms with Crippen LogP contribution in [0.3, 0.4) is 0 Å². The van der Waals surface area contributed by atoms with E-state index in [1.807, 2.05) is 35.0 Å². The maximum Gasteiger partial charge on any atom is 0.233 e. The molecule has 0 bridgehead atoms. The van der Waals surface area contributed by atoms with E-state index in [-0.39, 0.29) is 29.2 Å². The topological polar surface area (TPSA) is 94.4 Å². The van der Waals surface area contributed by atoms with Gasteiger partial charge in [0.2, 0.25) is 11.1 Å². The third-order valence-corrected chi connectivity index (χ3v) is 7.96. The molecule has 1 aliphatic heterocycles. The molecule has 1 aromatic carbocycles. The minimum Gasteiger partial charge on any atom is -0.383 e. The average Bonchev–Trinajstić information content (AvgIpc) is 3.40. The van der Waals surface area contributed by atoms with Gasteiger partial charge in [0.1, 0.15) is 5.82 Å². The average molecular weight is 451 g/mol. The molecule has 0 spiro atoms. The summed E-state index contributed by atoms with van der Waals surface area (Å²) in [6.07, 6.45) is 2.69. The molecule has 2 heterocycles. The fourth-order valence-electron chi connectivity index (χ4n) is 3.66. The molecule has 1 saturated carbocycles. The first-order valence-corrected chi connectivity index (χ1v) is 12.9.